The molecular weight excluding hydrogens is 289 g/mol. The fourth-order valence-corrected chi connectivity index (χ4v) is 3.41. The Morgan fingerprint density at radius 1 is 1.25 bits per heavy atom. The number of halogens is 1. The molecule has 110 valence electrons. The highest BCUT2D eigenvalue weighted by Crippen LogP contribution is 2.23. The van der Waals surface area contributed by atoms with Gasteiger partial charge in [0.05, 0.1) is 9.82 Å². The molecule has 0 aromatic heterocycles. The number of benzene rings is 1. The Hall–Kier alpha value is -1.58. The van der Waals surface area contributed by atoms with E-state index in [4.69, 9.17) is 0 Å². The molecule has 7 nitrogen and oxygen atoms in total. The summed E-state index contributed by atoms with van der Waals surface area (Å²) >= 11 is 0. The van der Waals surface area contributed by atoms with Crippen molar-refractivity contribution in [3.63, 3.8) is 0 Å². The predicted octanol–water partition coefficient (Wildman–Crippen LogP) is 0.670. The van der Waals surface area contributed by atoms with Crippen LogP contribution in [0.15, 0.2) is 23.1 Å². The minimum absolute atomic E-state index is 0.259. The summed E-state index contributed by atoms with van der Waals surface area (Å²) in [6, 6.07) is 2.64. The second-order valence-electron chi connectivity index (χ2n) is 4.58. The molecule has 0 amide bonds. The van der Waals surface area contributed by atoms with Crippen LogP contribution in [0.5, 0.6) is 0 Å². The van der Waals surface area contributed by atoms with E-state index in [9.17, 15) is 22.9 Å². The first-order valence-corrected chi connectivity index (χ1v) is 7.39. The highest BCUT2D eigenvalue weighted by Gasteiger charge is 2.29. The molecule has 0 radical (unpaired) electrons. The Kier molecular flexibility index (Phi) is 4.02. The van der Waals surface area contributed by atoms with Crippen LogP contribution in [0.25, 0.3) is 0 Å². The normalized spacial score (nSPS) is 18.1. The molecule has 0 aliphatic carbocycles. The number of rotatable bonds is 3. The molecule has 0 atom stereocenters. The Balaban J connectivity index is 2.30. The van der Waals surface area contributed by atoms with E-state index in [1.165, 1.54) is 4.31 Å². The van der Waals surface area contributed by atoms with E-state index in [0.29, 0.717) is 32.2 Å². The van der Waals surface area contributed by atoms with Crippen molar-refractivity contribution >= 4 is 15.7 Å². The third kappa shape index (κ3) is 2.79. The molecule has 9 heteroatoms. The third-order valence-corrected chi connectivity index (χ3v) is 5.11. The first-order valence-electron chi connectivity index (χ1n) is 5.95. The maximum Gasteiger partial charge on any atom is 0.304 e. The molecule has 1 saturated heterocycles. The van der Waals surface area contributed by atoms with Crippen LogP contribution < -0.4 is 0 Å². The minimum Gasteiger partial charge on any atom is -0.304 e. The lowest BCUT2D eigenvalue weighted by Gasteiger charge is -2.31. The minimum atomic E-state index is -3.81. The van der Waals surface area contributed by atoms with Gasteiger partial charge in [0.15, 0.2) is 0 Å². The van der Waals surface area contributed by atoms with E-state index in [1.807, 2.05) is 11.9 Å². The summed E-state index contributed by atoms with van der Waals surface area (Å²) in [5.74, 6) is -1.15. The number of hydrogen-bond acceptors (Lipinski definition) is 5. The Bertz CT molecular complexity index is 627. The predicted molar refractivity (Wildman–Crippen MR) is 69.3 cm³/mol. The average molecular weight is 303 g/mol. The number of hydrogen-bond donors (Lipinski definition) is 0. The quantitative estimate of drug-likeness (QED) is 0.605. The van der Waals surface area contributed by atoms with Gasteiger partial charge in [0.1, 0.15) is 0 Å². The molecule has 0 unspecified atom stereocenters. The van der Waals surface area contributed by atoms with Gasteiger partial charge in [-0.3, -0.25) is 10.1 Å². The van der Waals surface area contributed by atoms with Crippen molar-refractivity contribution in [2.45, 2.75) is 4.90 Å². The molecule has 0 saturated carbocycles. The van der Waals surface area contributed by atoms with Crippen LogP contribution in [-0.2, 0) is 10.0 Å². The van der Waals surface area contributed by atoms with Gasteiger partial charge in [0.25, 0.3) is 0 Å². The fourth-order valence-electron chi connectivity index (χ4n) is 1.97. The van der Waals surface area contributed by atoms with Crippen LogP contribution >= 0.6 is 0 Å². The van der Waals surface area contributed by atoms with Crippen molar-refractivity contribution in [3.8, 4) is 0 Å². The van der Waals surface area contributed by atoms with Crippen LogP contribution in [0.4, 0.5) is 10.1 Å². The van der Waals surface area contributed by atoms with E-state index < -0.39 is 26.5 Å². The van der Waals surface area contributed by atoms with Crippen LogP contribution in [0, 0.1) is 15.9 Å². The van der Waals surface area contributed by atoms with E-state index >= 15 is 0 Å². The van der Waals surface area contributed by atoms with Gasteiger partial charge in [-0.15, -0.1) is 0 Å². The van der Waals surface area contributed by atoms with E-state index in [-0.39, 0.29) is 4.90 Å². The Labute approximate surface area is 115 Å². The van der Waals surface area contributed by atoms with Crippen molar-refractivity contribution in [2.24, 2.45) is 0 Å². The second kappa shape index (κ2) is 5.43. The third-order valence-electron chi connectivity index (χ3n) is 3.22. The number of piperazine rings is 1. The molecular formula is C11H14FN3O4S. The van der Waals surface area contributed by atoms with Crippen molar-refractivity contribution in [1.29, 1.82) is 0 Å². The van der Waals surface area contributed by atoms with Gasteiger partial charge in [-0.25, -0.2) is 8.42 Å². The SMILES string of the molecule is CN1CCN(S(=O)(=O)c2ccc([N+](=O)[O-])c(F)c2)CC1. The summed E-state index contributed by atoms with van der Waals surface area (Å²) in [7, 11) is -1.92. The van der Waals surface area contributed by atoms with Gasteiger partial charge in [-0.05, 0) is 13.1 Å². The largest absolute Gasteiger partial charge is 0.304 e. The van der Waals surface area contributed by atoms with E-state index in [2.05, 4.69) is 0 Å². The zero-order chi connectivity index (χ0) is 14.9. The van der Waals surface area contributed by atoms with E-state index in [0.717, 1.165) is 12.1 Å². The smallest absolute Gasteiger partial charge is 0.304 e. The maximum absolute atomic E-state index is 13.5. The van der Waals surface area contributed by atoms with Crippen molar-refractivity contribution in [1.82, 2.24) is 9.21 Å². The fraction of sp³-hybridized carbons (Fsp3) is 0.455. The zero-order valence-corrected chi connectivity index (χ0v) is 11.6. The monoisotopic (exact) mass is 303 g/mol. The maximum atomic E-state index is 13.5. The summed E-state index contributed by atoms with van der Waals surface area (Å²) in [5, 5.41) is 10.5. The number of nitrogens with zero attached hydrogens (tertiary/aromatic N) is 3. The van der Waals surface area contributed by atoms with Crippen LogP contribution in [0.3, 0.4) is 0 Å². The first-order chi connectivity index (χ1) is 9.32. The number of nitro benzene ring substituents is 1. The molecule has 0 N–H and O–H groups in total. The van der Waals surface area contributed by atoms with Gasteiger partial charge in [0.2, 0.25) is 15.8 Å². The molecule has 1 heterocycles. The van der Waals surface area contributed by atoms with Crippen molar-refractivity contribution in [2.75, 3.05) is 33.2 Å². The molecule has 1 aromatic carbocycles. The molecule has 20 heavy (non-hydrogen) atoms. The lowest BCUT2D eigenvalue weighted by molar-refractivity contribution is -0.387. The second-order valence-corrected chi connectivity index (χ2v) is 6.52. The number of likely N-dealkylation sites (N-methyl/N-ethyl adjacent to an activating group) is 1. The lowest BCUT2D eigenvalue weighted by Crippen LogP contribution is -2.47. The Morgan fingerprint density at radius 3 is 2.35 bits per heavy atom. The van der Waals surface area contributed by atoms with Crippen LogP contribution in [0.1, 0.15) is 0 Å². The number of nitro groups is 1. The topological polar surface area (TPSA) is 83.8 Å². The number of sulfonamides is 1. The van der Waals surface area contributed by atoms with Gasteiger partial charge < -0.3 is 4.90 Å². The van der Waals surface area contributed by atoms with Gasteiger partial charge in [0, 0.05) is 38.3 Å². The summed E-state index contributed by atoms with van der Waals surface area (Å²) in [6.07, 6.45) is 0. The Morgan fingerprint density at radius 2 is 1.85 bits per heavy atom. The van der Waals surface area contributed by atoms with Gasteiger partial charge in [-0.2, -0.15) is 8.70 Å². The first kappa shape index (κ1) is 14.8. The van der Waals surface area contributed by atoms with Gasteiger partial charge >= 0.3 is 5.69 Å². The molecule has 0 spiro atoms. The van der Waals surface area contributed by atoms with Crippen LogP contribution in [-0.4, -0.2) is 55.8 Å². The molecule has 1 aromatic rings. The highest BCUT2D eigenvalue weighted by molar-refractivity contribution is 7.89. The average Bonchev–Trinajstić information content (AvgIpc) is 2.38. The molecule has 2 rings (SSSR count). The standard InChI is InChI=1S/C11H14FN3O4S/c1-13-4-6-14(7-5-13)20(18,19)9-2-3-11(15(16)17)10(12)8-9/h2-3,8H,4-7H2,1H3. The van der Waals surface area contributed by atoms with Crippen LogP contribution in [0.2, 0.25) is 0 Å². The molecule has 0 bridgehead atoms. The molecule has 1 aliphatic rings. The van der Waals surface area contributed by atoms with E-state index in [1.54, 1.807) is 0 Å². The van der Waals surface area contributed by atoms with Gasteiger partial charge in [-0.1, -0.05) is 0 Å². The summed E-state index contributed by atoms with van der Waals surface area (Å²) < 4.78 is 39.4. The zero-order valence-electron chi connectivity index (χ0n) is 10.8. The molecule has 1 aliphatic heterocycles. The highest BCUT2D eigenvalue weighted by atomic mass is 32.2. The van der Waals surface area contributed by atoms with Crippen molar-refractivity contribution in [3.05, 3.63) is 34.1 Å². The molecule has 1 fully saturated rings. The summed E-state index contributed by atoms with van der Waals surface area (Å²) in [6.45, 7) is 1.82. The van der Waals surface area contributed by atoms with Crippen molar-refractivity contribution < 1.29 is 17.7 Å². The summed E-state index contributed by atoms with van der Waals surface area (Å²) in [5.41, 5.74) is -0.734. The summed E-state index contributed by atoms with van der Waals surface area (Å²) in [4.78, 5) is 11.4. The lowest BCUT2D eigenvalue weighted by atomic mass is 10.3.